The monoisotopic (exact) mass is 207 g/mol. The van der Waals surface area contributed by atoms with E-state index in [1.165, 1.54) is 0 Å². The van der Waals surface area contributed by atoms with Gasteiger partial charge in [0.15, 0.2) is 0 Å². The Kier molecular flexibility index (Phi) is 2.50. The number of carbonyl (C=O) groups is 1. The van der Waals surface area contributed by atoms with Crippen molar-refractivity contribution >= 4 is 5.91 Å². The van der Waals surface area contributed by atoms with Crippen LogP contribution in [0.5, 0.6) is 0 Å². The predicted molar refractivity (Wildman–Crippen MR) is 57.6 cm³/mol. The Balaban J connectivity index is 2.29. The normalized spacial score (nSPS) is 26.0. The van der Waals surface area contributed by atoms with Gasteiger partial charge in [0.05, 0.1) is 6.33 Å². The third kappa shape index (κ3) is 1.76. The van der Waals surface area contributed by atoms with E-state index < -0.39 is 0 Å². The van der Waals surface area contributed by atoms with Crippen molar-refractivity contribution in [3.8, 4) is 0 Å². The summed E-state index contributed by atoms with van der Waals surface area (Å²) in [5.41, 5.74) is 1.16. The first-order valence-corrected chi connectivity index (χ1v) is 5.40. The van der Waals surface area contributed by atoms with Gasteiger partial charge in [-0.1, -0.05) is 0 Å². The van der Waals surface area contributed by atoms with Crippen LogP contribution in [-0.2, 0) is 4.79 Å². The Morgan fingerprint density at radius 2 is 2.33 bits per heavy atom. The van der Waals surface area contributed by atoms with Crippen LogP contribution in [0, 0.1) is 0 Å². The fraction of sp³-hybridized carbons (Fsp3) is 0.636. The van der Waals surface area contributed by atoms with Gasteiger partial charge in [0.25, 0.3) is 0 Å². The van der Waals surface area contributed by atoms with E-state index in [9.17, 15) is 4.79 Å². The van der Waals surface area contributed by atoms with Crippen LogP contribution in [0.4, 0.5) is 0 Å². The maximum absolute atomic E-state index is 11.3. The van der Waals surface area contributed by atoms with E-state index in [-0.39, 0.29) is 17.9 Å². The van der Waals surface area contributed by atoms with E-state index in [0.29, 0.717) is 12.5 Å². The van der Waals surface area contributed by atoms with Crippen molar-refractivity contribution in [2.45, 2.75) is 45.2 Å². The summed E-state index contributed by atoms with van der Waals surface area (Å²) in [4.78, 5) is 15.5. The molecule has 1 fully saturated rings. The number of rotatable bonds is 2. The van der Waals surface area contributed by atoms with Gasteiger partial charge in [-0.25, -0.2) is 4.98 Å². The van der Waals surface area contributed by atoms with E-state index in [1.54, 1.807) is 0 Å². The van der Waals surface area contributed by atoms with Crippen LogP contribution in [0.15, 0.2) is 12.5 Å². The molecule has 1 aliphatic rings. The van der Waals surface area contributed by atoms with E-state index >= 15 is 0 Å². The van der Waals surface area contributed by atoms with Gasteiger partial charge in [-0.05, 0) is 20.8 Å². The lowest BCUT2D eigenvalue weighted by Crippen LogP contribution is -2.25. The number of hydrogen-bond acceptors (Lipinski definition) is 2. The standard InChI is InChI=1S/C11H17N3O/c1-7(2)14-6-12-5-10(14)9-4-11(15)13-8(9)3/h5-9H,4H2,1-3H3,(H,13,15). The van der Waals surface area contributed by atoms with Crippen LogP contribution < -0.4 is 5.32 Å². The number of aromatic nitrogens is 2. The van der Waals surface area contributed by atoms with Crippen molar-refractivity contribution in [1.29, 1.82) is 0 Å². The molecule has 4 nitrogen and oxygen atoms in total. The van der Waals surface area contributed by atoms with Gasteiger partial charge in [-0.2, -0.15) is 0 Å². The molecule has 0 saturated carbocycles. The summed E-state index contributed by atoms with van der Waals surface area (Å²) in [6, 6.07) is 0.608. The average Bonchev–Trinajstić information content (AvgIpc) is 2.71. The van der Waals surface area contributed by atoms with Crippen LogP contribution in [0.3, 0.4) is 0 Å². The number of nitrogens with one attached hydrogen (secondary N) is 1. The van der Waals surface area contributed by atoms with Crippen LogP contribution in [0.2, 0.25) is 0 Å². The third-order valence-electron chi connectivity index (χ3n) is 3.03. The number of carbonyl (C=O) groups excluding carboxylic acids is 1. The molecule has 1 amide bonds. The Morgan fingerprint density at radius 1 is 1.60 bits per heavy atom. The molecule has 1 aromatic heterocycles. The zero-order chi connectivity index (χ0) is 11.0. The van der Waals surface area contributed by atoms with Gasteiger partial charge >= 0.3 is 0 Å². The molecule has 2 unspecified atom stereocenters. The minimum atomic E-state index is 0.143. The fourth-order valence-corrected chi connectivity index (χ4v) is 2.18. The highest BCUT2D eigenvalue weighted by Crippen LogP contribution is 2.29. The molecule has 0 aromatic carbocycles. The Morgan fingerprint density at radius 3 is 2.87 bits per heavy atom. The predicted octanol–water partition coefficient (Wildman–Crippen LogP) is 1.46. The van der Waals surface area contributed by atoms with Crippen molar-refractivity contribution in [1.82, 2.24) is 14.9 Å². The zero-order valence-electron chi connectivity index (χ0n) is 9.40. The second-order valence-corrected chi connectivity index (χ2v) is 4.49. The summed E-state index contributed by atoms with van der Waals surface area (Å²) in [7, 11) is 0. The van der Waals surface area contributed by atoms with E-state index in [1.807, 2.05) is 19.4 Å². The first kappa shape index (κ1) is 10.2. The first-order chi connectivity index (χ1) is 7.09. The molecule has 2 heterocycles. The van der Waals surface area contributed by atoms with E-state index in [4.69, 9.17) is 0 Å². The van der Waals surface area contributed by atoms with Crippen molar-refractivity contribution in [3.05, 3.63) is 18.2 Å². The molecule has 15 heavy (non-hydrogen) atoms. The van der Waals surface area contributed by atoms with Crippen molar-refractivity contribution in [2.75, 3.05) is 0 Å². The summed E-state index contributed by atoms with van der Waals surface area (Å²) in [5, 5.41) is 2.94. The number of imidazole rings is 1. The van der Waals surface area contributed by atoms with Gasteiger partial charge in [-0.15, -0.1) is 0 Å². The fourth-order valence-electron chi connectivity index (χ4n) is 2.18. The summed E-state index contributed by atoms with van der Waals surface area (Å²) in [5.74, 6) is 0.409. The minimum absolute atomic E-state index is 0.143. The molecule has 0 aliphatic carbocycles. The molecule has 1 aromatic rings. The van der Waals surface area contributed by atoms with Crippen molar-refractivity contribution in [3.63, 3.8) is 0 Å². The molecular formula is C11H17N3O. The highest BCUT2D eigenvalue weighted by atomic mass is 16.2. The zero-order valence-corrected chi connectivity index (χ0v) is 9.40. The molecule has 1 N–H and O–H groups in total. The molecule has 1 saturated heterocycles. The molecule has 0 radical (unpaired) electrons. The van der Waals surface area contributed by atoms with Gasteiger partial charge < -0.3 is 9.88 Å². The van der Waals surface area contributed by atoms with Crippen LogP contribution >= 0.6 is 0 Å². The molecule has 2 atom stereocenters. The molecule has 4 heteroatoms. The van der Waals surface area contributed by atoms with Crippen LogP contribution in [0.25, 0.3) is 0 Å². The van der Waals surface area contributed by atoms with Gasteiger partial charge in [-0.3, -0.25) is 4.79 Å². The summed E-state index contributed by atoms with van der Waals surface area (Å²) in [6.07, 6.45) is 4.30. The molecule has 0 bridgehead atoms. The molecule has 2 rings (SSSR count). The Bertz CT molecular complexity index is 370. The Labute approximate surface area is 89.7 Å². The van der Waals surface area contributed by atoms with Gasteiger partial charge in [0.1, 0.15) is 0 Å². The lowest BCUT2D eigenvalue weighted by Gasteiger charge is -2.18. The van der Waals surface area contributed by atoms with Gasteiger partial charge in [0, 0.05) is 36.3 Å². The SMILES string of the molecule is CC1NC(=O)CC1c1cncn1C(C)C. The van der Waals surface area contributed by atoms with Crippen molar-refractivity contribution in [2.24, 2.45) is 0 Å². The lowest BCUT2D eigenvalue weighted by molar-refractivity contribution is -0.119. The topological polar surface area (TPSA) is 46.9 Å². The number of hydrogen-bond donors (Lipinski definition) is 1. The maximum Gasteiger partial charge on any atom is 0.220 e. The number of amides is 1. The van der Waals surface area contributed by atoms with Crippen molar-refractivity contribution < 1.29 is 4.79 Å². The van der Waals surface area contributed by atoms with Crippen LogP contribution in [-0.4, -0.2) is 21.5 Å². The third-order valence-corrected chi connectivity index (χ3v) is 3.03. The smallest absolute Gasteiger partial charge is 0.220 e. The molecule has 1 aliphatic heterocycles. The van der Waals surface area contributed by atoms with E-state index in [0.717, 1.165) is 5.69 Å². The largest absolute Gasteiger partial charge is 0.353 e. The highest BCUT2D eigenvalue weighted by molar-refractivity contribution is 5.80. The van der Waals surface area contributed by atoms with Crippen LogP contribution in [0.1, 0.15) is 44.8 Å². The Hall–Kier alpha value is -1.32. The minimum Gasteiger partial charge on any atom is -0.353 e. The maximum atomic E-state index is 11.3. The van der Waals surface area contributed by atoms with E-state index in [2.05, 4.69) is 28.7 Å². The second-order valence-electron chi connectivity index (χ2n) is 4.49. The molecule has 82 valence electrons. The first-order valence-electron chi connectivity index (χ1n) is 5.40. The summed E-state index contributed by atoms with van der Waals surface area (Å²) < 4.78 is 2.14. The second kappa shape index (κ2) is 3.68. The quantitative estimate of drug-likeness (QED) is 0.798. The summed E-state index contributed by atoms with van der Waals surface area (Å²) in [6.45, 7) is 6.30. The lowest BCUT2D eigenvalue weighted by atomic mass is 9.98. The van der Waals surface area contributed by atoms with Gasteiger partial charge in [0.2, 0.25) is 5.91 Å². The molecule has 0 spiro atoms. The highest BCUT2D eigenvalue weighted by Gasteiger charge is 2.32. The average molecular weight is 207 g/mol. The summed E-state index contributed by atoms with van der Waals surface area (Å²) >= 11 is 0. The molecular weight excluding hydrogens is 190 g/mol. The number of nitrogens with zero attached hydrogens (tertiary/aromatic N) is 2.